The lowest BCUT2D eigenvalue weighted by Crippen LogP contribution is -2.39. The molecule has 0 unspecified atom stereocenters. The molecule has 3 heteroatoms. The van der Waals surface area contributed by atoms with Crippen LogP contribution in [0.15, 0.2) is 0 Å². The lowest BCUT2D eigenvalue weighted by atomic mass is 9.93. The monoisotopic (exact) mass is 185 g/mol. The van der Waals surface area contributed by atoms with Gasteiger partial charge in [0.2, 0.25) is 5.91 Å². The van der Waals surface area contributed by atoms with Crippen molar-refractivity contribution in [2.45, 2.75) is 51.7 Å². The van der Waals surface area contributed by atoms with E-state index in [4.69, 9.17) is 4.74 Å². The second kappa shape index (κ2) is 5.22. The Bertz CT molecular complexity index is 168. The predicted octanol–water partition coefficient (Wildman–Crippen LogP) is 1.47. The molecule has 0 aromatic rings. The molecule has 1 rings (SSSR count). The van der Waals surface area contributed by atoms with Gasteiger partial charge in [-0.1, -0.05) is 0 Å². The van der Waals surface area contributed by atoms with Gasteiger partial charge in [0.25, 0.3) is 0 Å². The summed E-state index contributed by atoms with van der Waals surface area (Å²) < 4.78 is 5.54. The minimum absolute atomic E-state index is 0.0714. The minimum Gasteiger partial charge on any atom is -0.378 e. The van der Waals surface area contributed by atoms with Gasteiger partial charge in [0.15, 0.2) is 0 Å². The van der Waals surface area contributed by atoms with Gasteiger partial charge in [-0.05, 0) is 32.6 Å². The fourth-order valence-corrected chi connectivity index (χ4v) is 1.95. The second-order valence-corrected chi connectivity index (χ2v) is 3.64. The third-order valence-corrected chi connectivity index (χ3v) is 2.44. The number of rotatable bonds is 3. The SMILES string of the molecule is CCO[C@@H]1CCC[C@@H](NC(C)=O)C1. The quantitative estimate of drug-likeness (QED) is 0.723. The summed E-state index contributed by atoms with van der Waals surface area (Å²) in [4.78, 5) is 10.8. The topological polar surface area (TPSA) is 38.3 Å². The van der Waals surface area contributed by atoms with Crippen LogP contribution in [0.25, 0.3) is 0 Å². The van der Waals surface area contributed by atoms with Gasteiger partial charge < -0.3 is 10.1 Å². The van der Waals surface area contributed by atoms with Gasteiger partial charge in [-0.2, -0.15) is 0 Å². The van der Waals surface area contributed by atoms with Crippen LogP contribution in [0.1, 0.15) is 39.5 Å². The van der Waals surface area contributed by atoms with Crippen molar-refractivity contribution >= 4 is 5.91 Å². The summed E-state index contributed by atoms with van der Waals surface area (Å²) in [5, 5.41) is 2.95. The zero-order valence-electron chi connectivity index (χ0n) is 8.51. The van der Waals surface area contributed by atoms with E-state index in [2.05, 4.69) is 5.32 Å². The molecule has 1 amide bonds. The Morgan fingerprint density at radius 2 is 2.31 bits per heavy atom. The molecule has 1 saturated carbocycles. The molecule has 0 heterocycles. The van der Waals surface area contributed by atoms with Gasteiger partial charge in [-0.15, -0.1) is 0 Å². The number of ether oxygens (including phenoxy) is 1. The fourth-order valence-electron chi connectivity index (χ4n) is 1.95. The largest absolute Gasteiger partial charge is 0.378 e. The van der Waals surface area contributed by atoms with Gasteiger partial charge in [0.05, 0.1) is 6.10 Å². The molecule has 0 bridgehead atoms. The maximum Gasteiger partial charge on any atom is 0.217 e. The Balaban J connectivity index is 2.28. The fraction of sp³-hybridized carbons (Fsp3) is 0.900. The van der Waals surface area contributed by atoms with Crippen molar-refractivity contribution in [1.82, 2.24) is 5.32 Å². The Labute approximate surface area is 79.8 Å². The highest BCUT2D eigenvalue weighted by Crippen LogP contribution is 2.20. The van der Waals surface area contributed by atoms with Crippen molar-refractivity contribution in [3.63, 3.8) is 0 Å². The first kappa shape index (κ1) is 10.5. The van der Waals surface area contributed by atoms with Crippen LogP contribution in [0.2, 0.25) is 0 Å². The van der Waals surface area contributed by atoms with Gasteiger partial charge in [-0.25, -0.2) is 0 Å². The number of carbonyl (C=O) groups is 1. The molecule has 1 fully saturated rings. The number of hydrogen-bond donors (Lipinski definition) is 1. The third-order valence-electron chi connectivity index (χ3n) is 2.44. The normalized spacial score (nSPS) is 28.5. The molecule has 3 nitrogen and oxygen atoms in total. The summed E-state index contributed by atoms with van der Waals surface area (Å²) in [7, 11) is 0. The standard InChI is InChI=1S/C10H19NO2/c1-3-13-10-6-4-5-9(7-10)11-8(2)12/h9-10H,3-7H2,1-2H3,(H,11,12)/t9-,10-/m1/s1. The van der Waals surface area contributed by atoms with Crippen LogP contribution in [-0.2, 0) is 9.53 Å². The average molecular weight is 185 g/mol. The minimum atomic E-state index is 0.0714. The highest BCUT2D eigenvalue weighted by Gasteiger charge is 2.22. The van der Waals surface area contributed by atoms with Crippen LogP contribution in [0.3, 0.4) is 0 Å². The molecule has 0 saturated heterocycles. The predicted molar refractivity (Wildman–Crippen MR) is 51.5 cm³/mol. The molecule has 1 aliphatic carbocycles. The molecule has 0 spiro atoms. The van der Waals surface area contributed by atoms with Gasteiger partial charge >= 0.3 is 0 Å². The van der Waals surface area contributed by atoms with Crippen molar-refractivity contribution < 1.29 is 9.53 Å². The molecule has 0 aliphatic heterocycles. The van der Waals surface area contributed by atoms with Crippen LogP contribution in [-0.4, -0.2) is 24.7 Å². The van der Waals surface area contributed by atoms with Crippen molar-refractivity contribution in [3.05, 3.63) is 0 Å². The number of carbonyl (C=O) groups excluding carboxylic acids is 1. The summed E-state index contributed by atoms with van der Waals surface area (Å²) in [5.41, 5.74) is 0. The summed E-state index contributed by atoms with van der Waals surface area (Å²) >= 11 is 0. The summed E-state index contributed by atoms with van der Waals surface area (Å²) in [5.74, 6) is 0.0714. The first-order chi connectivity index (χ1) is 6.22. The zero-order valence-corrected chi connectivity index (χ0v) is 8.51. The zero-order chi connectivity index (χ0) is 9.68. The van der Waals surface area contributed by atoms with Gasteiger partial charge in [-0.3, -0.25) is 4.79 Å². The Morgan fingerprint density at radius 3 is 2.92 bits per heavy atom. The summed E-state index contributed by atoms with van der Waals surface area (Å²) in [6.07, 6.45) is 4.74. The van der Waals surface area contributed by atoms with E-state index < -0.39 is 0 Å². The number of hydrogen-bond acceptors (Lipinski definition) is 2. The van der Waals surface area contributed by atoms with Gasteiger partial charge in [0.1, 0.15) is 0 Å². The van der Waals surface area contributed by atoms with E-state index in [0.29, 0.717) is 12.1 Å². The van der Waals surface area contributed by atoms with Crippen LogP contribution >= 0.6 is 0 Å². The highest BCUT2D eigenvalue weighted by molar-refractivity contribution is 5.73. The van der Waals surface area contributed by atoms with Crippen molar-refractivity contribution in [2.75, 3.05) is 6.61 Å². The summed E-state index contributed by atoms with van der Waals surface area (Å²) in [6.45, 7) is 4.36. The van der Waals surface area contributed by atoms with Crippen molar-refractivity contribution in [3.8, 4) is 0 Å². The molecule has 0 radical (unpaired) electrons. The highest BCUT2D eigenvalue weighted by atomic mass is 16.5. The molecule has 76 valence electrons. The molecule has 2 atom stereocenters. The molecular formula is C10H19NO2. The number of nitrogens with one attached hydrogen (secondary N) is 1. The van der Waals surface area contributed by atoms with E-state index in [1.165, 1.54) is 0 Å². The van der Waals surface area contributed by atoms with Crippen LogP contribution < -0.4 is 5.32 Å². The summed E-state index contributed by atoms with van der Waals surface area (Å²) in [6, 6.07) is 0.336. The maximum atomic E-state index is 10.8. The van der Waals surface area contributed by atoms with Crippen molar-refractivity contribution in [1.29, 1.82) is 0 Å². The van der Waals surface area contributed by atoms with Crippen LogP contribution in [0.4, 0.5) is 0 Å². The second-order valence-electron chi connectivity index (χ2n) is 3.64. The smallest absolute Gasteiger partial charge is 0.217 e. The molecule has 13 heavy (non-hydrogen) atoms. The van der Waals surface area contributed by atoms with Crippen LogP contribution in [0, 0.1) is 0 Å². The molecular weight excluding hydrogens is 166 g/mol. The van der Waals surface area contributed by atoms with E-state index in [1.807, 2.05) is 6.92 Å². The van der Waals surface area contributed by atoms with E-state index in [1.54, 1.807) is 6.92 Å². The number of amides is 1. The average Bonchev–Trinajstić information content (AvgIpc) is 2.04. The first-order valence-electron chi connectivity index (χ1n) is 5.11. The first-order valence-corrected chi connectivity index (χ1v) is 5.11. The van der Waals surface area contributed by atoms with Crippen molar-refractivity contribution in [2.24, 2.45) is 0 Å². The Morgan fingerprint density at radius 1 is 1.54 bits per heavy atom. The Hall–Kier alpha value is -0.570. The lowest BCUT2D eigenvalue weighted by Gasteiger charge is -2.29. The Kier molecular flexibility index (Phi) is 4.22. The van der Waals surface area contributed by atoms with Gasteiger partial charge in [0, 0.05) is 19.6 Å². The maximum absolute atomic E-state index is 10.8. The molecule has 0 aromatic carbocycles. The van der Waals surface area contributed by atoms with Crippen LogP contribution in [0.5, 0.6) is 0 Å². The lowest BCUT2D eigenvalue weighted by molar-refractivity contribution is -0.120. The third kappa shape index (κ3) is 3.77. The molecule has 1 N–H and O–H groups in total. The van der Waals surface area contributed by atoms with E-state index >= 15 is 0 Å². The molecule has 0 aromatic heterocycles. The van der Waals surface area contributed by atoms with E-state index in [-0.39, 0.29) is 5.91 Å². The molecule has 1 aliphatic rings. The van der Waals surface area contributed by atoms with E-state index in [0.717, 1.165) is 32.3 Å². The van der Waals surface area contributed by atoms with E-state index in [9.17, 15) is 4.79 Å².